The van der Waals surface area contributed by atoms with Gasteiger partial charge in [-0.3, -0.25) is 9.35 Å². The molecule has 2 aromatic carbocycles. The molecule has 1 unspecified atom stereocenters. The summed E-state index contributed by atoms with van der Waals surface area (Å²) in [5.41, 5.74) is 1.00. The average molecular weight is 377 g/mol. The minimum Gasteiger partial charge on any atom is -0.320 e. The third-order valence-electron chi connectivity index (χ3n) is 3.76. The monoisotopic (exact) mass is 377 g/mol. The van der Waals surface area contributed by atoms with E-state index in [-0.39, 0.29) is 23.8 Å². The van der Waals surface area contributed by atoms with Gasteiger partial charge in [-0.25, -0.2) is 4.39 Å². The van der Waals surface area contributed by atoms with Crippen molar-refractivity contribution in [1.29, 1.82) is 0 Å². The maximum absolute atomic E-state index is 13.6. The van der Waals surface area contributed by atoms with Crippen molar-refractivity contribution in [1.82, 2.24) is 0 Å². The molecule has 0 aliphatic carbocycles. The molecule has 138 valence electrons. The normalized spacial score (nSPS) is 12.8. The Morgan fingerprint density at radius 1 is 1.12 bits per heavy atom. The third-order valence-corrected chi connectivity index (χ3v) is 4.56. The van der Waals surface area contributed by atoms with Crippen molar-refractivity contribution in [3.05, 3.63) is 78.1 Å². The molecule has 2 aromatic rings. The minimum absolute atomic E-state index is 0.0878. The van der Waals surface area contributed by atoms with E-state index in [0.717, 1.165) is 5.56 Å². The molecule has 0 spiro atoms. The van der Waals surface area contributed by atoms with Crippen LogP contribution in [0.2, 0.25) is 0 Å². The van der Waals surface area contributed by atoms with E-state index in [1.165, 1.54) is 24.3 Å². The van der Waals surface area contributed by atoms with Gasteiger partial charge in [0.15, 0.2) is 0 Å². The van der Waals surface area contributed by atoms with Crippen LogP contribution in [0, 0.1) is 5.82 Å². The van der Waals surface area contributed by atoms with E-state index in [2.05, 4.69) is 5.32 Å². The first-order chi connectivity index (χ1) is 12.3. The molecule has 0 radical (unpaired) electrons. The maximum Gasteiger partial charge on any atom is 0.264 e. The lowest BCUT2D eigenvalue weighted by Crippen LogP contribution is -2.10. The Morgan fingerprint density at radius 2 is 1.77 bits per heavy atom. The molecule has 0 aromatic heterocycles. The molecule has 0 saturated heterocycles. The van der Waals surface area contributed by atoms with Crippen LogP contribution in [0.5, 0.6) is 0 Å². The summed E-state index contributed by atoms with van der Waals surface area (Å²) in [5, 5.41) is 2.46. The number of benzene rings is 2. The average Bonchev–Trinajstić information content (AvgIpc) is 2.60. The van der Waals surface area contributed by atoms with Crippen molar-refractivity contribution in [3.63, 3.8) is 0 Å². The Morgan fingerprint density at radius 3 is 2.42 bits per heavy atom. The van der Waals surface area contributed by atoms with Gasteiger partial charge in [-0.1, -0.05) is 48.5 Å². The van der Waals surface area contributed by atoms with E-state index in [1.807, 2.05) is 30.3 Å². The van der Waals surface area contributed by atoms with Gasteiger partial charge >= 0.3 is 0 Å². The van der Waals surface area contributed by atoms with E-state index in [0.29, 0.717) is 6.42 Å². The molecular formula is C19H20FNO4S. The highest BCUT2D eigenvalue weighted by atomic mass is 32.2. The second-order valence-corrected chi connectivity index (χ2v) is 7.35. The molecule has 1 amide bonds. The largest absolute Gasteiger partial charge is 0.320 e. The summed E-state index contributed by atoms with van der Waals surface area (Å²) in [7, 11) is -4.02. The number of para-hydroxylation sites is 1. The fourth-order valence-corrected chi connectivity index (χ4v) is 3.03. The van der Waals surface area contributed by atoms with Crippen LogP contribution in [-0.2, 0) is 14.9 Å². The molecule has 1 atom stereocenters. The number of anilines is 1. The Balaban J connectivity index is 2.06. The van der Waals surface area contributed by atoms with Crippen LogP contribution < -0.4 is 5.32 Å². The van der Waals surface area contributed by atoms with Crippen LogP contribution in [0.3, 0.4) is 0 Å². The van der Waals surface area contributed by atoms with Crippen molar-refractivity contribution < 1.29 is 22.2 Å². The second-order valence-electron chi connectivity index (χ2n) is 5.77. The molecule has 2 N–H and O–H groups in total. The van der Waals surface area contributed by atoms with E-state index in [4.69, 9.17) is 4.55 Å². The number of hydrogen-bond donors (Lipinski definition) is 2. The second kappa shape index (κ2) is 9.26. The van der Waals surface area contributed by atoms with Gasteiger partial charge in [0.05, 0.1) is 11.4 Å². The lowest BCUT2D eigenvalue weighted by Gasteiger charge is -2.13. The lowest BCUT2D eigenvalue weighted by molar-refractivity contribution is -0.111. The SMILES string of the molecule is O=C(C=CC(CCCS(=O)(=O)O)c1ccccc1)Nc1ccccc1F. The molecular weight excluding hydrogens is 357 g/mol. The topological polar surface area (TPSA) is 83.5 Å². The molecule has 0 bridgehead atoms. The van der Waals surface area contributed by atoms with Gasteiger partial charge in [-0.2, -0.15) is 8.42 Å². The smallest absolute Gasteiger partial charge is 0.264 e. The summed E-state index contributed by atoms with van der Waals surface area (Å²) in [5.74, 6) is -1.55. The predicted octanol–water partition coefficient (Wildman–Crippen LogP) is 3.77. The molecule has 5 nitrogen and oxygen atoms in total. The maximum atomic E-state index is 13.6. The van der Waals surface area contributed by atoms with Crippen LogP contribution in [0.15, 0.2) is 66.7 Å². The summed E-state index contributed by atoms with van der Waals surface area (Å²) in [6.45, 7) is 0. The summed E-state index contributed by atoms with van der Waals surface area (Å²) in [6.07, 6.45) is 3.64. The zero-order valence-electron chi connectivity index (χ0n) is 14.0. The van der Waals surface area contributed by atoms with Crippen molar-refractivity contribution >= 4 is 21.7 Å². The van der Waals surface area contributed by atoms with Gasteiger partial charge in [0.25, 0.3) is 10.1 Å². The quantitative estimate of drug-likeness (QED) is 0.542. The Hall–Kier alpha value is -2.51. The number of rotatable bonds is 8. The Bertz CT molecular complexity index is 866. The fraction of sp³-hybridized carbons (Fsp3) is 0.211. The van der Waals surface area contributed by atoms with Crippen LogP contribution in [0.4, 0.5) is 10.1 Å². The predicted molar refractivity (Wildman–Crippen MR) is 99.0 cm³/mol. The summed E-state index contributed by atoms with van der Waals surface area (Å²) in [4.78, 5) is 12.0. The minimum atomic E-state index is -4.02. The molecule has 0 aliphatic rings. The van der Waals surface area contributed by atoms with E-state index < -0.39 is 21.8 Å². The standard InChI is InChI=1S/C19H20FNO4S/c20-17-10-4-5-11-18(17)21-19(22)13-12-16(9-6-14-26(23,24)25)15-7-2-1-3-8-15/h1-5,7-8,10-13,16H,6,9,14H2,(H,21,22)(H,23,24,25). The number of carbonyl (C=O) groups is 1. The highest BCUT2D eigenvalue weighted by Gasteiger charge is 2.12. The van der Waals surface area contributed by atoms with Gasteiger partial charge in [0, 0.05) is 5.92 Å². The summed E-state index contributed by atoms with van der Waals surface area (Å²) >= 11 is 0. The van der Waals surface area contributed by atoms with Crippen molar-refractivity contribution in [3.8, 4) is 0 Å². The fourth-order valence-electron chi connectivity index (χ4n) is 2.50. The van der Waals surface area contributed by atoms with Crippen molar-refractivity contribution in [2.45, 2.75) is 18.8 Å². The summed E-state index contributed by atoms with van der Waals surface area (Å²) < 4.78 is 44.2. The van der Waals surface area contributed by atoms with Crippen LogP contribution in [0.25, 0.3) is 0 Å². The van der Waals surface area contributed by atoms with Crippen LogP contribution >= 0.6 is 0 Å². The van der Waals surface area contributed by atoms with E-state index in [1.54, 1.807) is 12.1 Å². The summed E-state index contributed by atoms with van der Waals surface area (Å²) in [6, 6.07) is 15.1. The van der Waals surface area contributed by atoms with E-state index >= 15 is 0 Å². The lowest BCUT2D eigenvalue weighted by atomic mass is 9.94. The van der Waals surface area contributed by atoms with Crippen LogP contribution in [-0.4, -0.2) is 24.6 Å². The first-order valence-electron chi connectivity index (χ1n) is 8.09. The zero-order chi connectivity index (χ0) is 19.0. The molecule has 0 heterocycles. The van der Waals surface area contributed by atoms with Gasteiger partial charge in [-0.15, -0.1) is 0 Å². The van der Waals surface area contributed by atoms with Gasteiger partial charge in [-0.05, 0) is 36.6 Å². The van der Waals surface area contributed by atoms with Crippen LogP contribution in [0.1, 0.15) is 24.3 Å². The van der Waals surface area contributed by atoms with Gasteiger partial charge in [0.1, 0.15) is 5.82 Å². The third kappa shape index (κ3) is 6.78. The van der Waals surface area contributed by atoms with Gasteiger partial charge < -0.3 is 5.32 Å². The number of allylic oxidation sites excluding steroid dienone is 1. The van der Waals surface area contributed by atoms with Crippen molar-refractivity contribution in [2.75, 3.05) is 11.1 Å². The molecule has 2 rings (SSSR count). The van der Waals surface area contributed by atoms with Gasteiger partial charge in [0.2, 0.25) is 5.91 Å². The number of hydrogen-bond acceptors (Lipinski definition) is 3. The molecule has 0 aliphatic heterocycles. The first kappa shape index (κ1) is 19.8. The highest BCUT2D eigenvalue weighted by Crippen LogP contribution is 2.23. The first-order valence-corrected chi connectivity index (χ1v) is 9.70. The molecule has 26 heavy (non-hydrogen) atoms. The number of carbonyl (C=O) groups excluding carboxylic acids is 1. The number of halogens is 1. The highest BCUT2D eigenvalue weighted by molar-refractivity contribution is 7.85. The molecule has 0 saturated carbocycles. The number of nitrogens with one attached hydrogen (secondary N) is 1. The van der Waals surface area contributed by atoms with Crippen molar-refractivity contribution in [2.24, 2.45) is 0 Å². The Kier molecular flexibility index (Phi) is 7.06. The molecule has 7 heteroatoms. The zero-order valence-corrected chi connectivity index (χ0v) is 14.8. The van der Waals surface area contributed by atoms with E-state index in [9.17, 15) is 17.6 Å². The number of amides is 1. The molecule has 0 fully saturated rings. The Labute approximate surface area is 152 Å².